The summed E-state index contributed by atoms with van der Waals surface area (Å²) in [5, 5.41) is 0. The van der Waals surface area contributed by atoms with Crippen molar-refractivity contribution in [2.24, 2.45) is 0 Å². The molecular weight excluding hydrogens is 260 g/mol. The lowest BCUT2D eigenvalue weighted by molar-refractivity contribution is 0.579. The molecule has 2 aromatic rings. The molecule has 0 aliphatic carbocycles. The van der Waals surface area contributed by atoms with Gasteiger partial charge in [-0.05, 0) is 24.3 Å². The average molecular weight is 275 g/mol. The summed E-state index contributed by atoms with van der Waals surface area (Å²) < 4.78 is 28.2. The van der Waals surface area contributed by atoms with E-state index in [0.717, 1.165) is 23.5 Å². The van der Waals surface area contributed by atoms with Crippen LogP contribution in [0.15, 0.2) is 36.4 Å². The molecule has 0 atom stereocenters. The van der Waals surface area contributed by atoms with E-state index < -0.39 is 11.6 Å². The summed E-state index contributed by atoms with van der Waals surface area (Å²) in [4.78, 5) is 3.73. The van der Waals surface area contributed by atoms with Crippen LogP contribution in [0.5, 0.6) is 0 Å². The first-order valence-corrected chi connectivity index (χ1v) is 6.40. The van der Waals surface area contributed by atoms with Gasteiger partial charge in [0.1, 0.15) is 5.69 Å². The van der Waals surface area contributed by atoms with E-state index in [1.807, 2.05) is 31.3 Å². The van der Waals surface area contributed by atoms with Gasteiger partial charge in [0.25, 0.3) is 0 Å². The highest BCUT2D eigenvalue weighted by molar-refractivity contribution is 5.80. The minimum Gasteiger partial charge on any atom is -0.399 e. The molecule has 1 heterocycles. The Bertz CT molecular complexity index is 634. The lowest BCUT2D eigenvalue weighted by Crippen LogP contribution is -2.37. The Morgan fingerprint density at radius 3 is 2.25 bits per heavy atom. The van der Waals surface area contributed by atoms with Gasteiger partial charge >= 0.3 is 0 Å². The topological polar surface area (TPSA) is 32.5 Å². The zero-order valence-corrected chi connectivity index (χ0v) is 11.1. The minimum atomic E-state index is -0.637. The van der Waals surface area contributed by atoms with Crippen molar-refractivity contribution in [2.75, 3.05) is 35.7 Å². The molecule has 0 aromatic heterocycles. The highest BCUT2D eigenvalue weighted by Gasteiger charge is 2.25. The molecule has 2 N–H and O–H groups in total. The molecule has 0 bridgehead atoms. The fraction of sp³-hybridized carbons (Fsp3) is 0.200. The van der Waals surface area contributed by atoms with E-state index in [1.165, 1.54) is 0 Å². The third kappa shape index (κ3) is 1.95. The number of benzene rings is 2. The molecule has 20 heavy (non-hydrogen) atoms. The average Bonchev–Trinajstić information content (AvgIpc) is 2.40. The van der Waals surface area contributed by atoms with Crippen LogP contribution in [0.2, 0.25) is 0 Å². The second kappa shape index (κ2) is 4.67. The molecular formula is C15H15F2N3. The van der Waals surface area contributed by atoms with Crippen LogP contribution in [-0.4, -0.2) is 20.1 Å². The Morgan fingerprint density at radius 2 is 1.60 bits per heavy atom. The van der Waals surface area contributed by atoms with Crippen molar-refractivity contribution in [1.29, 1.82) is 0 Å². The molecule has 0 amide bonds. The van der Waals surface area contributed by atoms with E-state index in [-0.39, 0.29) is 11.4 Å². The quantitative estimate of drug-likeness (QED) is 0.812. The van der Waals surface area contributed by atoms with Gasteiger partial charge in [0.05, 0.1) is 11.4 Å². The number of nitrogen functional groups attached to an aromatic ring is 1. The van der Waals surface area contributed by atoms with Crippen LogP contribution < -0.4 is 15.5 Å². The lowest BCUT2D eigenvalue weighted by atomic mass is 10.1. The number of rotatable bonds is 1. The van der Waals surface area contributed by atoms with E-state index in [1.54, 1.807) is 4.90 Å². The summed E-state index contributed by atoms with van der Waals surface area (Å²) in [5.74, 6) is -1.27. The number of nitrogens with zero attached hydrogens (tertiary/aromatic N) is 2. The highest BCUT2D eigenvalue weighted by Crippen LogP contribution is 2.39. The zero-order valence-electron chi connectivity index (χ0n) is 11.1. The second-order valence-electron chi connectivity index (χ2n) is 4.90. The maximum absolute atomic E-state index is 14.1. The van der Waals surface area contributed by atoms with Gasteiger partial charge in [0.2, 0.25) is 0 Å². The molecule has 2 aromatic carbocycles. The van der Waals surface area contributed by atoms with E-state index in [2.05, 4.69) is 4.90 Å². The molecule has 1 aliphatic rings. The summed E-state index contributed by atoms with van der Waals surface area (Å²) in [7, 11) is 1.96. The van der Waals surface area contributed by atoms with Crippen LogP contribution in [-0.2, 0) is 0 Å². The van der Waals surface area contributed by atoms with E-state index in [0.29, 0.717) is 13.1 Å². The van der Waals surface area contributed by atoms with Crippen LogP contribution >= 0.6 is 0 Å². The van der Waals surface area contributed by atoms with Crippen molar-refractivity contribution in [3.63, 3.8) is 0 Å². The van der Waals surface area contributed by atoms with Gasteiger partial charge in [-0.15, -0.1) is 0 Å². The maximum Gasteiger partial charge on any atom is 0.151 e. The summed E-state index contributed by atoms with van der Waals surface area (Å²) in [6.45, 7) is 1.21. The van der Waals surface area contributed by atoms with Gasteiger partial charge in [0, 0.05) is 25.8 Å². The fourth-order valence-corrected chi connectivity index (χ4v) is 2.58. The molecule has 3 rings (SSSR count). The first kappa shape index (κ1) is 12.7. The van der Waals surface area contributed by atoms with Crippen LogP contribution in [0.1, 0.15) is 0 Å². The van der Waals surface area contributed by atoms with Crippen LogP contribution in [0.4, 0.5) is 31.5 Å². The third-order valence-electron chi connectivity index (χ3n) is 3.55. The largest absolute Gasteiger partial charge is 0.399 e. The number of halogens is 2. The van der Waals surface area contributed by atoms with Crippen molar-refractivity contribution in [1.82, 2.24) is 0 Å². The number of fused-ring (bicyclic) bond motifs is 1. The summed E-state index contributed by atoms with van der Waals surface area (Å²) in [5.41, 5.74) is 7.26. The van der Waals surface area contributed by atoms with Gasteiger partial charge in [-0.1, -0.05) is 12.1 Å². The SMILES string of the molecule is CN1CCN(c2c(F)cc(N)cc2F)c2ccccc21. The van der Waals surface area contributed by atoms with Crippen molar-refractivity contribution in [3.8, 4) is 0 Å². The maximum atomic E-state index is 14.1. The minimum absolute atomic E-state index is 0.0419. The Hall–Kier alpha value is -2.30. The molecule has 0 spiro atoms. The first-order valence-electron chi connectivity index (χ1n) is 6.40. The number of anilines is 4. The van der Waals surface area contributed by atoms with Gasteiger partial charge in [-0.3, -0.25) is 0 Å². The highest BCUT2D eigenvalue weighted by atomic mass is 19.1. The lowest BCUT2D eigenvalue weighted by Gasteiger charge is -2.37. The van der Waals surface area contributed by atoms with Crippen LogP contribution in [0.3, 0.4) is 0 Å². The van der Waals surface area contributed by atoms with Crippen molar-refractivity contribution < 1.29 is 8.78 Å². The zero-order chi connectivity index (χ0) is 14.3. The smallest absolute Gasteiger partial charge is 0.151 e. The molecule has 1 aliphatic heterocycles. The van der Waals surface area contributed by atoms with E-state index >= 15 is 0 Å². The molecule has 0 fully saturated rings. The predicted molar refractivity (Wildman–Crippen MR) is 77.5 cm³/mol. The number of para-hydroxylation sites is 2. The van der Waals surface area contributed by atoms with Crippen molar-refractivity contribution in [2.45, 2.75) is 0 Å². The van der Waals surface area contributed by atoms with Gasteiger partial charge in [-0.2, -0.15) is 0 Å². The molecule has 0 saturated carbocycles. The molecule has 5 heteroatoms. The first-order chi connectivity index (χ1) is 9.58. The molecule has 0 unspecified atom stereocenters. The summed E-state index contributed by atoms with van der Waals surface area (Å²) in [6, 6.07) is 9.88. The Kier molecular flexibility index (Phi) is 2.97. The Labute approximate surface area is 116 Å². The number of hydrogen-bond acceptors (Lipinski definition) is 3. The van der Waals surface area contributed by atoms with Gasteiger partial charge < -0.3 is 15.5 Å². The number of hydrogen-bond donors (Lipinski definition) is 1. The molecule has 3 nitrogen and oxygen atoms in total. The monoisotopic (exact) mass is 275 g/mol. The van der Waals surface area contributed by atoms with E-state index in [4.69, 9.17) is 5.73 Å². The van der Waals surface area contributed by atoms with Gasteiger partial charge in [-0.25, -0.2) is 8.78 Å². The van der Waals surface area contributed by atoms with Crippen LogP contribution in [0.25, 0.3) is 0 Å². The van der Waals surface area contributed by atoms with Crippen molar-refractivity contribution >= 4 is 22.7 Å². The normalized spacial score (nSPS) is 14.3. The standard InChI is InChI=1S/C15H15F2N3/c1-19-6-7-20(14-5-3-2-4-13(14)19)15-11(16)8-10(18)9-12(15)17/h2-5,8-9H,6-7,18H2,1H3. The van der Waals surface area contributed by atoms with Gasteiger partial charge in [0.15, 0.2) is 11.6 Å². The second-order valence-corrected chi connectivity index (χ2v) is 4.90. The number of nitrogens with two attached hydrogens (primary N) is 1. The summed E-state index contributed by atoms with van der Waals surface area (Å²) in [6.07, 6.45) is 0. The van der Waals surface area contributed by atoms with Crippen molar-refractivity contribution in [3.05, 3.63) is 48.0 Å². The Balaban J connectivity index is 2.15. The Morgan fingerprint density at radius 1 is 1.00 bits per heavy atom. The molecule has 104 valence electrons. The number of likely N-dealkylation sites (N-methyl/N-ethyl adjacent to an activating group) is 1. The molecule has 0 saturated heterocycles. The fourth-order valence-electron chi connectivity index (χ4n) is 2.58. The van der Waals surface area contributed by atoms with E-state index in [9.17, 15) is 8.78 Å². The third-order valence-corrected chi connectivity index (χ3v) is 3.55. The molecule has 0 radical (unpaired) electrons. The summed E-state index contributed by atoms with van der Waals surface area (Å²) >= 11 is 0. The van der Waals surface area contributed by atoms with Crippen LogP contribution in [0, 0.1) is 11.6 Å². The predicted octanol–water partition coefficient (Wildman–Crippen LogP) is 3.13.